The average Bonchev–Trinajstić information content (AvgIpc) is 2.60. The topological polar surface area (TPSA) is 3.24 Å². The molecule has 1 heterocycles. The number of alkyl halides is 1. The Kier molecular flexibility index (Phi) is 8.40. The Bertz CT molecular complexity index is 588. The van der Waals surface area contributed by atoms with Crippen LogP contribution in [0.15, 0.2) is 24.3 Å². The molecule has 1 aliphatic heterocycles. The quantitative estimate of drug-likeness (QED) is 0.443. The molecule has 0 atom stereocenters. The minimum atomic E-state index is -0.169. The summed E-state index contributed by atoms with van der Waals surface area (Å²) in [6.45, 7) is 13.1. The Hall–Kier alpha value is -0.600. The first kappa shape index (κ1) is 23.7. The van der Waals surface area contributed by atoms with Crippen LogP contribution in [-0.2, 0) is 0 Å². The number of piperidine rings is 1. The largest absolute Gasteiger partial charge is 0.303 e. The molecule has 2 aliphatic rings. The molecule has 160 valence electrons. The van der Waals surface area contributed by atoms with Crippen LogP contribution in [0.5, 0.6) is 0 Å². The van der Waals surface area contributed by atoms with Gasteiger partial charge in [0, 0.05) is 0 Å². The minimum absolute atomic E-state index is 0. The fourth-order valence-corrected chi connectivity index (χ4v) is 6.22. The van der Waals surface area contributed by atoms with Crippen molar-refractivity contribution in [3.8, 4) is 0 Å². The Labute approximate surface area is 178 Å². The van der Waals surface area contributed by atoms with Gasteiger partial charge in [-0.1, -0.05) is 52.0 Å². The molecule has 0 bridgehead atoms. The molecule has 1 saturated heterocycles. The van der Waals surface area contributed by atoms with Gasteiger partial charge >= 0.3 is 0 Å². The average molecular weight is 410 g/mol. The van der Waals surface area contributed by atoms with Crippen molar-refractivity contribution in [1.82, 2.24) is 4.90 Å². The number of likely N-dealkylation sites (tertiary alicyclic amines) is 1. The van der Waals surface area contributed by atoms with E-state index in [0.717, 1.165) is 19.4 Å². The smallest absolute Gasteiger partial charge is 0.0894 e. The number of hydrogen-bond acceptors (Lipinski definition) is 1. The van der Waals surface area contributed by atoms with E-state index in [1.165, 1.54) is 45.2 Å². The lowest BCUT2D eigenvalue weighted by molar-refractivity contribution is 0.0962. The van der Waals surface area contributed by atoms with Crippen molar-refractivity contribution in [2.75, 3.05) is 26.3 Å². The predicted molar refractivity (Wildman–Crippen MR) is 121 cm³/mol. The summed E-state index contributed by atoms with van der Waals surface area (Å²) in [6.07, 6.45) is 8.19. The zero-order valence-electron chi connectivity index (χ0n) is 18.5. The molecule has 2 fully saturated rings. The normalized spacial score (nSPS) is 23.3. The van der Waals surface area contributed by atoms with E-state index in [1.807, 2.05) is 0 Å². The van der Waals surface area contributed by atoms with E-state index < -0.39 is 0 Å². The second-order valence-electron chi connectivity index (χ2n) is 10.8. The zero-order valence-corrected chi connectivity index (χ0v) is 19.3. The van der Waals surface area contributed by atoms with E-state index >= 15 is 0 Å². The van der Waals surface area contributed by atoms with E-state index in [-0.39, 0.29) is 19.1 Å². The van der Waals surface area contributed by atoms with Crippen molar-refractivity contribution in [2.24, 2.45) is 10.8 Å². The highest BCUT2D eigenvalue weighted by molar-refractivity contribution is 5.85. The van der Waals surface area contributed by atoms with Crippen LogP contribution in [-0.4, -0.2) is 31.2 Å². The maximum atomic E-state index is 12.3. The molecule has 1 nitrogen and oxygen atoms in total. The second-order valence-corrected chi connectivity index (χ2v) is 10.8. The van der Waals surface area contributed by atoms with Crippen LogP contribution >= 0.6 is 12.4 Å². The van der Waals surface area contributed by atoms with Crippen LogP contribution in [0, 0.1) is 10.8 Å². The molecule has 1 aromatic rings. The molecule has 0 spiro atoms. The van der Waals surface area contributed by atoms with Crippen molar-refractivity contribution >= 4 is 12.4 Å². The second kappa shape index (κ2) is 9.94. The highest BCUT2D eigenvalue weighted by Gasteiger charge is 2.39. The summed E-state index contributed by atoms with van der Waals surface area (Å²) in [5.74, 6) is 1.40. The molecule has 0 aromatic heterocycles. The molecule has 0 N–H and O–H groups in total. The lowest BCUT2D eigenvalue weighted by atomic mass is 9.59. The number of benzene rings is 1. The first-order chi connectivity index (χ1) is 12.8. The highest BCUT2D eigenvalue weighted by atomic mass is 35.5. The molecule has 3 heteroatoms. The summed E-state index contributed by atoms with van der Waals surface area (Å²) in [5.41, 5.74) is 4.12. The fourth-order valence-electron chi connectivity index (χ4n) is 6.22. The number of unbranched alkanes of at least 4 members (excludes halogenated alkanes) is 1. The number of rotatable bonds is 6. The van der Waals surface area contributed by atoms with E-state index in [4.69, 9.17) is 0 Å². The molecule has 0 amide bonds. The Morgan fingerprint density at radius 3 is 1.96 bits per heavy atom. The molecular formula is C25H41ClFN. The van der Waals surface area contributed by atoms with Gasteiger partial charge in [0.05, 0.1) is 6.67 Å². The van der Waals surface area contributed by atoms with Crippen molar-refractivity contribution in [2.45, 2.75) is 84.5 Å². The SMILES string of the molecule is CC1(C)CC(c2ccccc2C2CCN(CCCCF)CC2)CC(C)(C)C1.Cl. The van der Waals surface area contributed by atoms with Gasteiger partial charge in [-0.3, -0.25) is 4.39 Å². The van der Waals surface area contributed by atoms with Gasteiger partial charge in [-0.2, -0.15) is 0 Å². The summed E-state index contributed by atoms with van der Waals surface area (Å²) >= 11 is 0. The van der Waals surface area contributed by atoms with Gasteiger partial charge < -0.3 is 4.90 Å². The maximum Gasteiger partial charge on any atom is 0.0894 e. The van der Waals surface area contributed by atoms with E-state index in [0.29, 0.717) is 22.7 Å². The molecule has 1 aliphatic carbocycles. The van der Waals surface area contributed by atoms with E-state index in [1.54, 1.807) is 11.1 Å². The van der Waals surface area contributed by atoms with Crippen molar-refractivity contribution in [1.29, 1.82) is 0 Å². The van der Waals surface area contributed by atoms with Gasteiger partial charge in [0.1, 0.15) is 0 Å². The van der Waals surface area contributed by atoms with Crippen LogP contribution < -0.4 is 0 Å². The lowest BCUT2D eigenvalue weighted by Crippen LogP contribution is -2.35. The third-order valence-electron chi connectivity index (χ3n) is 6.88. The Morgan fingerprint density at radius 2 is 1.43 bits per heavy atom. The van der Waals surface area contributed by atoms with Crippen LogP contribution in [0.4, 0.5) is 4.39 Å². The van der Waals surface area contributed by atoms with Crippen molar-refractivity contribution < 1.29 is 4.39 Å². The number of hydrogen-bond donors (Lipinski definition) is 0. The van der Waals surface area contributed by atoms with Gasteiger partial charge in [-0.05, 0) is 98.4 Å². The summed E-state index contributed by atoms with van der Waals surface area (Å²) in [6, 6.07) is 9.32. The summed E-state index contributed by atoms with van der Waals surface area (Å²) in [4.78, 5) is 2.54. The Balaban J connectivity index is 0.00000280. The third kappa shape index (κ3) is 6.20. The summed E-state index contributed by atoms with van der Waals surface area (Å²) in [7, 11) is 0. The van der Waals surface area contributed by atoms with Gasteiger partial charge in [-0.15, -0.1) is 12.4 Å². The molecule has 28 heavy (non-hydrogen) atoms. The maximum absolute atomic E-state index is 12.3. The first-order valence-corrected chi connectivity index (χ1v) is 11.2. The van der Waals surface area contributed by atoms with Crippen molar-refractivity contribution in [3.63, 3.8) is 0 Å². The van der Waals surface area contributed by atoms with Crippen molar-refractivity contribution in [3.05, 3.63) is 35.4 Å². The molecule has 3 rings (SSSR count). The highest BCUT2D eigenvalue weighted by Crippen LogP contribution is 2.52. The third-order valence-corrected chi connectivity index (χ3v) is 6.88. The monoisotopic (exact) mass is 409 g/mol. The van der Waals surface area contributed by atoms with Gasteiger partial charge in [0.15, 0.2) is 0 Å². The first-order valence-electron chi connectivity index (χ1n) is 11.2. The molecular weight excluding hydrogens is 369 g/mol. The molecule has 0 unspecified atom stereocenters. The van der Waals surface area contributed by atoms with E-state index in [9.17, 15) is 4.39 Å². The van der Waals surface area contributed by atoms with Gasteiger partial charge in [-0.25, -0.2) is 0 Å². The van der Waals surface area contributed by atoms with Crippen LogP contribution in [0.1, 0.15) is 95.6 Å². The van der Waals surface area contributed by atoms with Gasteiger partial charge in [0.2, 0.25) is 0 Å². The van der Waals surface area contributed by atoms with Crippen LogP contribution in [0.3, 0.4) is 0 Å². The minimum Gasteiger partial charge on any atom is -0.303 e. The molecule has 1 saturated carbocycles. The summed E-state index contributed by atoms with van der Waals surface area (Å²) < 4.78 is 12.3. The van der Waals surface area contributed by atoms with Crippen LogP contribution in [0.25, 0.3) is 0 Å². The standard InChI is InChI=1S/C25H40FN.ClH/c1-24(2)17-21(18-25(3,4)19-24)23-10-6-5-9-22(23)20-11-15-27(16-12-20)14-8-7-13-26;/h5-6,9-10,20-21H,7-8,11-19H2,1-4H3;1H. The van der Waals surface area contributed by atoms with E-state index in [2.05, 4.69) is 56.9 Å². The molecule has 0 radical (unpaired) electrons. The lowest BCUT2D eigenvalue weighted by Gasteiger charge is -2.46. The molecule has 1 aromatic carbocycles. The number of nitrogens with zero attached hydrogens (tertiary/aromatic N) is 1. The predicted octanol–water partition coefficient (Wildman–Crippen LogP) is 7.36. The zero-order chi connectivity index (χ0) is 19.5. The number of halogens is 2. The van der Waals surface area contributed by atoms with Gasteiger partial charge in [0.25, 0.3) is 0 Å². The van der Waals surface area contributed by atoms with Crippen LogP contribution in [0.2, 0.25) is 0 Å². The summed E-state index contributed by atoms with van der Waals surface area (Å²) in [5, 5.41) is 0. The fraction of sp³-hybridized carbons (Fsp3) is 0.760. The Morgan fingerprint density at radius 1 is 0.893 bits per heavy atom.